The number of ether oxygens (including phenoxy) is 1. The summed E-state index contributed by atoms with van der Waals surface area (Å²) in [6.45, 7) is 7.23. The average molecular weight is 300 g/mol. The number of aliphatic carboxylic acids is 1. The van der Waals surface area contributed by atoms with Gasteiger partial charge in [0.2, 0.25) is 0 Å². The maximum absolute atomic E-state index is 11.8. The van der Waals surface area contributed by atoms with E-state index in [1.807, 2.05) is 6.92 Å². The molecule has 1 rings (SSSR count). The van der Waals surface area contributed by atoms with E-state index in [2.05, 4.69) is 10.3 Å². The maximum atomic E-state index is 11.8. The van der Waals surface area contributed by atoms with E-state index >= 15 is 0 Å². The number of amides is 1. The molecule has 1 heterocycles. The Morgan fingerprint density at radius 1 is 1.50 bits per heavy atom. The largest absolute Gasteiger partial charge is 0.481 e. The van der Waals surface area contributed by atoms with E-state index in [0.29, 0.717) is 5.01 Å². The molecule has 0 bridgehead atoms. The smallest absolute Gasteiger partial charge is 0.408 e. The number of hydrogen-bond donors (Lipinski definition) is 2. The first-order valence-electron chi connectivity index (χ1n) is 6.37. The number of carboxylic acids is 1. The van der Waals surface area contributed by atoms with Gasteiger partial charge in [-0.3, -0.25) is 4.79 Å². The first kappa shape index (κ1) is 16.4. The van der Waals surface area contributed by atoms with Crippen LogP contribution in [0.15, 0.2) is 6.20 Å². The molecular weight excluding hydrogens is 280 g/mol. The van der Waals surface area contributed by atoms with Crippen molar-refractivity contribution < 1.29 is 19.4 Å². The van der Waals surface area contributed by atoms with Gasteiger partial charge in [-0.05, 0) is 27.2 Å². The van der Waals surface area contributed by atoms with E-state index in [-0.39, 0.29) is 6.42 Å². The molecule has 1 aromatic heterocycles. The highest BCUT2D eigenvalue weighted by Gasteiger charge is 2.24. The summed E-state index contributed by atoms with van der Waals surface area (Å²) in [4.78, 5) is 27.9. The number of thiazole rings is 1. The monoisotopic (exact) mass is 300 g/mol. The Morgan fingerprint density at radius 3 is 2.60 bits per heavy atom. The van der Waals surface area contributed by atoms with E-state index in [0.717, 1.165) is 11.3 Å². The minimum atomic E-state index is -1.00. The van der Waals surface area contributed by atoms with Gasteiger partial charge in [-0.1, -0.05) is 6.92 Å². The molecule has 0 spiro atoms. The van der Waals surface area contributed by atoms with Crippen LogP contribution in [0.4, 0.5) is 4.79 Å². The summed E-state index contributed by atoms with van der Waals surface area (Å²) in [6, 6.07) is -0.673. The Morgan fingerprint density at radius 2 is 2.15 bits per heavy atom. The lowest BCUT2D eigenvalue weighted by atomic mass is 10.2. The molecule has 0 radical (unpaired) electrons. The Kier molecular flexibility index (Phi) is 5.50. The SMILES string of the molecule is CCc1cnc([C@H](CC(=O)O)NC(=O)OC(C)(C)C)s1. The van der Waals surface area contributed by atoms with Crippen LogP contribution in [0.5, 0.6) is 0 Å². The number of rotatable bonds is 5. The van der Waals surface area contributed by atoms with Crippen LogP contribution in [-0.2, 0) is 16.0 Å². The number of carbonyl (C=O) groups is 2. The van der Waals surface area contributed by atoms with Crippen LogP contribution in [0.1, 0.15) is 50.0 Å². The van der Waals surface area contributed by atoms with Crippen LogP contribution in [0.3, 0.4) is 0 Å². The minimum absolute atomic E-state index is 0.226. The van der Waals surface area contributed by atoms with Gasteiger partial charge < -0.3 is 15.2 Å². The Balaban J connectivity index is 2.79. The summed E-state index contributed by atoms with van der Waals surface area (Å²) >= 11 is 1.40. The fraction of sp³-hybridized carbons (Fsp3) is 0.615. The van der Waals surface area contributed by atoms with Gasteiger partial charge in [0.25, 0.3) is 0 Å². The van der Waals surface area contributed by atoms with Crippen molar-refractivity contribution >= 4 is 23.4 Å². The van der Waals surface area contributed by atoms with Gasteiger partial charge >= 0.3 is 12.1 Å². The molecular formula is C13H20N2O4S. The van der Waals surface area contributed by atoms with Crippen molar-refractivity contribution in [1.82, 2.24) is 10.3 Å². The van der Waals surface area contributed by atoms with Crippen molar-refractivity contribution in [1.29, 1.82) is 0 Å². The van der Waals surface area contributed by atoms with Crippen LogP contribution >= 0.6 is 11.3 Å². The van der Waals surface area contributed by atoms with Gasteiger partial charge in [-0.15, -0.1) is 11.3 Å². The molecule has 0 aromatic carbocycles. The van der Waals surface area contributed by atoms with Crippen LogP contribution in [0.25, 0.3) is 0 Å². The lowest BCUT2D eigenvalue weighted by molar-refractivity contribution is -0.137. The lowest BCUT2D eigenvalue weighted by Gasteiger charge is -2.22. The molecule has 0 fully saturated rings. The zero-order valence-electron chi connectivity index (χ0n) is 12.1. The zero-order valence-corrected chi connectivity index (χ0v) is 12.9. The van der Waals surface area contributed by atoms with Gasteiger partial charge in [0, 0.05) is 11.1 Å². The molecule has 1 amide bonds. The summed E-state index contributed by atoms with van der Waals surface area (Å²) in [7, 11) is 0. The minimum Gasteiger partial charge on any atom is -0.481 e. The molecule has 0 saturated carbocycles. The molecule has 0 aliphatic carbocycles. The Hall–Kier alpha value is -1.63. The second-order valence-corrected chi connectivity index (χ2v) is 6.46. The quantitative estimate of drug-likeness (QED) is 0.873. The average Bonchev–Trinajstić information content (AvgIpc) is 2.73. The molecule has 6 nitrogen and oxygen atoms in total. The predicted octanol–water partition coefficient (Wildman–Crippen LogP) is 2.75. The topological polar surface area (TPSA) is 88.5 Å². The molecule has 112 valence electrons. The van der Waals surface area contributed by atoms with Crippen LogP contribution < -0.4 is 5.32 Å². The fourth-order valence-electron chi connectivity index (χ4n) is 1.47. The maximum Gasteiger partial charge on any atom is 0.408 e. The molecule has 0 saturated heterocycles. The Labute approximate surface area is 122 Å². The van der Waals surface area contributed by atoms with Crippen LogP contribution in [0, 0.1) is 0 Å². The summed E-state index contributed by atoms with van der Waals surface area (Å²) < 4.78 is 5.14. The predicted molar refractivity (Wildman–Crippen MR) is 75.9 cm³/mol. The van der Waals surface area contributed by atoms with Gasteiger partial charge in [0.1, 0.15) is 10.6 Å². The van der Waals surface area contributed by atoms with Crippen molar-refractivity contribution in [3.63, 3.8) is 0 Å². The molecule has 1 aromatic rings. The van der Waals surface area contributed by atoms with E-state index in [1.165, 1.54) is 11.3 Å². The highest BCUT2D eigenvalue weighted by Crippen LogP contribution is 2.23. The molecule has 20 heavy (non-hydrogen) atoms. The van der Waals surface area contributed by atoms with Crippen molar-refractivity contribution in [2.24, 2.45) is 0 Å². The molecule has 0 aliphatic rings. The summed E-state index contributed by atoms with van der Waals surface area (Å²) in [5.41, 5.74) is -0.630. The number of alkyl carbamates (subject to hydrolysis) is 1. The normalized spacial score (nSPS) is 12.8. The number of carboxylic acid groups (broad SMARTS) is 1. The number of nitrogens with zero attached hydrogens (tertiary/aromatic N) is 1. The molecule has 7 heteroatoms. The van der Waals surface area contributed by atoms with E-state index < -0.39 is 23.7 Å². The van der Waals surface area contributed by atoms with E-state index in [4.69, 9.17) is 9.84 Å². The zero-order chi connectivity index (χ0) is 15.3. The van der Waals surface area contributed by atoms with Gasteiger partial charge in [0.05, 0.1) is 12.5 Å². The van der Waals surface area contributed by atoms with Crippen molar-refractivity contribution in [3.8, 4) is 0 Å². The van der Waals surface area contributed by atoms with Crippen molar-refractivity contribution in [2.75, 3.05) is 0 Å². The lowest BCUT2D eigenvalue weighted by Crippen LogP contribution is -2.35. The first-order chi connectivity index (χ1) is 9.21. The number of nitrogens with one attached hydrogen (secondary N) is 1. The van der Waals surface area contributed by atoms with Gasteiger partial charge in [-0.2, -0.15) is 0 Å². The Bertz CT molecular complexity index is 479. The third kappa shape index (κ3) is 5.56. The highest BCUT2D eigenvalue weighted by atomic mass is 32.1. The third-order valence-corrected chi connectivity index (χ3v) is 3.54. The fourth-order valence-corrected chi connectivity index (χ4v) is 2.38. The van der Waals surface area contributed by atoms with E-state index in [9.17, 15) is 9.59 Å². The molecule has 0 unspecified atom stereocenters. The number of aromatic nitrogens is 1. The summed E-state index contributed by atoms with van der Waals surface area (Å²) in [6.07, 6.45) is 1.66. The molecule has 0 aliphatic heterocycles. The van der Waals surface area contributed by atoms with Crippen molar-refractivity contribution in [3.05, 3.63) is 16.1 Å². The summed E-state index contributed by atoms with van der Waals surface area (Å²) in [5.74, 6) is -1.00. The first-order valence-corrected chi connectivity index (χ1v) is 7.19. The second-order valence-electron chi connectivity index (χ2n) is 5.32. The van der Waals surface area contributed by atoms with Crippen molar-refractivity contribution in [2.45, 2.75) is 52.2 Å². The van der Waals surface area contributed by atoms with Crippen LogP contribution in [-0.4, -0.2) is 27.8 Å². The standard InChI is InChI=1S/C13H20N2O4S/c1-5-8-7-14-11(20-8)9(6-10(16)17)15-12(18)19-13(2,3)4/h7,9H,5-6H2,1-4H3,(H,15,18)(H,16,17)/t9-/m0/s1. The number of hydrogen-bond acceptors (Lipinski definition) is 5. The van der Waals surface area contributed by atoms with E-state index in [1.54, 1.807) is 27.0 Å². The number of aryl methyl sites for hydroxylation is 1. The van der Waals surface area contributed by atoms with Crippen LogP contribution in [0.2, 0.25) is 0 Å². The molecule has 2 N–H and O–H groups in total. The molecule has 1 atom stereocenters. The van der Waals surface area contributed by atoms with Gasteiger partial charge in [-0.25, -0.2) is 9.78 Å². The summed E-state index contributed by atoms with van der Waals surface area (Å²) in [5, 5.41) is 12.1. The highest BCUT2D eigenvalue weighted by molar-refractivity contribution is 7.11. The number of carbonyl (C=O) groups excluding carboxylic acids is 1. The third-order valence-electron chi connectivity index (χ3n) is 2.29. The van der Waals surface area contributed by atoms with Gasteiger partial charge in [0.15, 0.2) is 0 Å². The second kappa shape index (κ2) is 6.69.